The number of aliphatic carboxylic acids is 1. The van der Waals surface area contributed by atoms with E-state index in [1.165, 1.54) is 0 Å². The van der Waals surface area contributed by atoms with Gasteiger partial charge in [0, 0.05) is 26.2 Å². The standard InChI is InChI=1S/C12H21NO4/c1-9(12(15)16)8-13-11(14)3-2-10-4-6-17-7-5-10/h9-10H,2-8H2,1H3,(H,13,14)(H,15,16). The Morgan fingerprint density at radius 3 is 2.65 bits per heavy atom. The molecule has 0 radical (unpaired) electrons. The zero-order valence-corrected chi connectivity index (χ0v) is 10.3. The van der Waals surface area contributed by atoms with E-state index in [1.54, 1.807) is 6.92 Å². The molecule has 0 aliphatic carbocycles. The fourth-order valence-corrected chi connectivity index (χ4v) is 1.81. The van der Waals surface area contributed by atoms with Gasteiger partial charge in [0.15, 0.2) is 0 Å². The van der Waals surface area contributed by atoms with Gasteiger partial charge in [0.05, 0.1) is 5.92 Å². The molecule has 5 heteroatoms. The van der Waals surface area contributed by atoms with Crippen LogP contribution in [-0.4, -0.2) is 36.7 Å². The van der Waals surface area contributed by atoms with Crippen molar-refractivity contribution >= 4 is 11.9 Å². The van der Waals surface area contributed by atoms with Gasteiger partial charge in [0.2, 0.25) is 5.91 Å². The van der Waals surface area contributed by atoms with Crippen molar-refractivity contribution in [2.45, 2.75) is 32.6 Å². The largest absolute Gasteiger partial charge is 0.481 e. The fourth-order valence-electron chi connectivity index (χ4n) is 1.81. The first kappa shape index (κ1) is 14.0. The lowest BCUT2D eigenvalue weighted by molar-refractivity contribution is -0.141. The maximum atomic E-state index is 11.5. The molecule has 1 aliphatic heterocycles. The number of nitrogens with one attached hydrogen (secondary N) is 1. The van der Waals surface area contributed by atoms with E-state index in [-0.39, 0.29) is 12.5 Å². The van der Waals surface area contributed by atoms with E-state index in [1.807, 2.05) is 0 Å². The minimum atomic E-state index is -0.880. The van der Waals surface area contributed by atoms with Crippen molar-refractivity contribution in [3.8, 4) is 0 Å². The summed E-state index contributed by atoms with van der Waals surface area (Å²) < 4.78 is 5.25. The lowest BCUT2D eigenvalue weighted by Crippen LogP contribution is -2.31. The molecule has 1 aliphatic rings. The van der Waals surface area contributed by atoms with Gasteiger partial charge in [-0.3, -0.25) is 9.59 Å². The molecule has 1 amide bonds. The fraction of sp³-hybridized carbons (Fsp3) is 0.833. The minimum absolute atomic E-state index is 0.0513. The Kier molecular flexibility index (Phi) is 5.97. The molecule has 1 heterocycles. The third kappa shape index (κ3) is 5.68. The van der Waals surface area contributed by atoms with Crippen LogP contribution in [0.4, 0.5) is 0 Å². The van der Waals surface area contributed by atoms with Crippen LogP contribution in [0.3, 0.4) is 0 Å². The van der Waals surface area contributed by atoms with E-state index in [0.29, 0.717) is 12.3 Å². The average molecular weight is 243 g/mol. The smallest absolute Gasteiger partial charge is 0.308 e. The van der Waals surface area contributed by atoms with Crippen LogP contribution in [0, 0.1) is 11.8 Å². The molecule has 0 aromatic carbocycles. The summed E-state index contributed by atoms with van der Waals surface area (Å²) in [5, 5.41) is 11.3. The highest BCUT2D eigenvalue weighted by molar-refractivity contribution is 5.77. The van der Waals surface area contributed by atoms with Gasteiger partial charge in [-0.2, -0.15) is 0 Å². The molecule has 0 aromatic heterocycles. The summed E-state index contributed by atoms with van der Waals surface area (Å²) >= 11 is 0. The highest BCUT2D eigenvalue weighted by Gasteiger charge is 2.16. The molecular weight excluding hydrogens is 222 g/mol. The summed E-state index contributed by atoms with van der Waals surface area (Å²) in [4.78, 5) is 22.0. The number of amides is 1. The number of ether oxygens (including phenoxy) is 1. The highest BCUT2D eigenvalue weighted by Crippen LogP contribution is 2.19. The molecule has 98 valence electrons. The molecular formula is C12H21NO4. The number of hydrogen-bond donors (Lipinski definition) is 2. The Hall–Kier alpha value is -1.10. The van der Waals surface area contributed by atoms with Crippen LogP contribution >= 0.6 is 0 Å². The normalized spacial score (nSPS) is 18.6. The third-order valence-corrected chi connectivity index (χ3v) is 3.15. The third-order valence-electron chi connectivity index (χ3n) is 3.15. The predicted molar refractivity (Wildman–Crippen MR) is 62.6 cm³/mol. The predicted octanol–water partition coefficient (Wildman–Crippen LogP) is 1.03. The molecule has 0 aromatic rings. The Morgan fingerprint density at radius 1 is 1.41 bits per heavy atom. The second-order valence-corrected chi connectivity index (χ2v) is 4.64. The summed E-state index contributed by atoms with van der Waals surface area (Å²) in [5.74, 6) is -0.882. The lowest BCUT2D eigenvalue weighted by Gasteiger charge is -2.21. The zero-order valence-electron chi connectivity index (χ0n) is 10.3. The highest BCUT2D eigenvalue weighted by atomic mass is 16.5. The van der Waals surface area contributed by atoms with E-state index in [4.69, 9.17) is 9.84 Å². The van der Waals surface area contributed by atoms with Gasteiger partial charge in [-0.05, 0) is 25.2 Å². The van der Waals surface area contributed by atoms with Gasteiger partial charge >= 0.3 is 5.97 Å². The molecule has 2 N–H and O–H groups in total. The SMILES string of the molecule is CC(CNC(=O)CCC1CCOCC1)C(=O)O. The maximum Gasteiger partial charge on any atom is 0.308 e. The first-order valence-electron chi connectivity index (χ1n) is 6.17. The first-order chi connectivity index (χ1) is 8.09. The summed E-state index contributed by atoms with van der Waals surface area (Å²) in [6.45, 7) is 3.38. The molecule has 1 unspecified atom stereocenters. The van der Waals surface area contributed by atoms with Crippen molar-refractivity contribution in [3.63, 3.8) is 0 Å². The second kappa shape index (κ2) is 7.27. The Bertz CT molecular complexity index is 261. The minimum Gasteiger partial charge on any atom is -0.481 e. The molecule has 0 spiro atoms. The number of carboxylic acid groups (broad SMARTS) is 1. The van der Waals surface area contributed by atoms with Gasteiger partial charge in [0.1, 0.15) is 0 Å². The molecule has 1 atom stereocenters. The molecule has 1 rings (SSSR count). The van der Waals surface area contributed by atoms with E-state index in [0.717, 1.165) is 32.5 Å². The molecule has 17 heavy (non-hydrogen) atoms. The van der Waals surface area contributed by atoms with E-state index in [9.17, 15) is 9.59 Å². The number of carboxylic acids is 1. The number of hydrogen-bond acceptors (Lipinski definition) is 3. The maximum absolute atomic E-state index is 11.5. The average Bonchev–Trinajstić information content (AvgIpc) is 2.34. The van der Waals surface area contributed by atoms with Crippen molar-refractivity contribution in [3.05, 3.63) is 0 Å². The van der Waals surface area contributed by atoms with Gasteiger partial charge in [-0.25, -0.2) is 0 Å². The molecule has 0 bridgehead atoms. The lowest BCUT2D eigenvalue weighted by atomic mass is 9.95. The van der Waals surface area contributed by atoms with Crippen LogP contribution in [0.2, 0.25) is 0 Å². The number of carbonyl (C=O) groups is 2. The van der Waals surface area contributed by atoms with E-state index >= 15 is 0 Å². The van der Waals surface area contributed by atoms with Gasteiger partial charge < -0.3 is 15.2 Å². The van der Waals surface area contributed by atoms with Crippen molar-refractivity contribution in [2.75, 3.05) is 19.8 Å². The van der Waals surface area contributed by atoms with Gasteiger partial charge in [0.25, 0.3) is 0 Å². The van der Waals surface area contributed by atoms with Crippen LogP contribution in [0.15, 0.2) is 0 Å². The quantitative estimate of drug-likeness (QED) is 0.730. The Balaban J connectivity index is 2.10. The molecule has 0 saturated carbocycles. The topological polar surface area (TPSA) is 75.6 Å². The van der Waals surface area contributed by atoms with Crippen molar-refractivity contribution in [2.24, 2.45) is 11.8 Å². The monoisotopic (exact) mass is 243 g/mol. The van der Waals surface area contributed by atoms with Crippen LogP contribution in [-0.2, 0) is 14.3 Å². The van der Waals surface area contributed by atoms with Crippen LogP contribution in [0.1, 0.15) is 32.6 Å². The van der Waals surface area contributed by atoms with Crippen LogP contribution in [0.5, 0.6) is 0 Å². The molecule has 1 fully saturated rings. The number of carbonyl (C=O) groups excluding carboxylic acids is 1. The molecule has 5 nitrogen and oxygen atoms in total. The second-order valence-electron chi connectivity index (χ2n) is 4.64. The molecule has 1 saturated heterocycles. The van der Waals surface area contributed by atoms with Gasteiger partial charge in [-0.15, -0.1) is 0 Å². The number of rotatable bonds is 6. The van der Waals surface area contributed by atoms with Crippen molar-refractivity contribution in [1.29, 1.82) is 0 Å². The van der Waals surface area contributed by atoms with Crippen molar-refractivity contribution < 1.29 is 19.4 Å². The van der Waals surface area contributed by atoms with Crippen molar-refractivity contribution in [1.82, 2.24) is 5.32 Å². The van der Waals surface area contributed by atoms with E-state index in [2.05, 4.69) is 5.32 Å². The summed E-state index contributed by atoms with van der Waals surface area (Å²) in [5.41, 5.74) is 0. The summed E-state index contributed by atoms with van der Waals surface area (Å²) in [6, 6.07) is 0. The Labute approximate surface area is 102 Å². The van der Waals surface area contributed by atoms with E-state index < -0.39 is 11.9 Å². The zero-order chi connectivity index (χ0) is 12.7. The van der Waals surface area contributed by atoms with Crippen LogP contribution in [0.25, 0.3) is 0 Å². The van der Waals surface area contributed by atoms with Crippen LogP contribution < -0.4 is 5.32 Å². The summed E-state index contributed by atoms with van der Waals surface area (Å²) in [6.07, 6.45) is 3.41. The Morgan fingerprint density at radius 2 is 2.06 bits per heavy atom. The van der Waals surface area contributed by atoms with Gasteiger partial charge in [-0.1, -0.05) is 6.92 Å². The first-order valence-corrected chi connectivity index (χ1v) is 6.17. The summed E-state index contributed by atoms with van der Waals surface area (Å²) in [7, 11) is 0.